The van der Waals surface area contributed by atoms with E-state index in [0.29, 0.717) is 23.0 Å². The number of rotatable bonds is 9. The summed E-state index contributed by atoms with van der Waals surface area (Å²) in [4.78, 5) is 0. The Bertz CT molecular complexity index is 1630. The summed E-state index contributed by atoms with van der Waals surface area (Å²) >= 11 is 0. The smallest absolute Gasteiger partial charge is 0.161 e. The summed E-state index contributed by atoms with van der Waals surface area (Å²) in [5.41, 5.74) is 5.69. The second-order valence-corrected chi connectivity index (χ2v) is 8.97. The lowest BCUT2D eigenvalue weighted by Gasteiger charge is -2.10. The van der Waals surface area contributed by atoms with Crippen molar-refractivity contribution in [2.45, 2.75) is 6.42 Å². The minimum absolute atomic E-state index is 0.200. The van der Waals surface area contributed by atoms with Crippen LogP contribution in [-0.2, 0) is 6.42 Å². The molecule has 0 aliphatic rings. The van der Waals surface area contributed by atoms with E-state index in [-0.39, 0.29) is 5.75 Å². The molecule has 6 nitrogen and oxygen atoms in total. The molecule has 6 heteroatoms. The van der Waals surface area contributed by atoms with Crippen molar-refractivity contribution in [3.63, 3.8) is 0 Å². The molecule has 0 spiro atoms. The number of hydrogen-bond donors (Lipinski definition) is 1. The van der Waals surface area contributed by atoms with Gasteiger partial charge < -0.3 is 28.5 Å². The van der Waals surface area contributed by atoms with Gasteiger partial charge in [-0.2, -0.15) is 0 Å². The molecule has 4 aromatic carbocycles. The number of furan rings is 1. The van der Waals surface area contributed by atoms with Gasteiger partial charge in [0.05, 0.1) is 28.4 Å². The van der Waals surface area contributed by atoms with Crippen LogP contribution in [0.3, 0.4) is 0 Å². The van der Waals surface area contributed by atoms with Crippen molar-refractivity contribution in [1.82, 2.24) is 0 Å². The molecule has 1 heterocycles. The normalized spacial score (nSPS) is 11.2. The number of hydrogen-bond acceptors (Lipinski definition) is 6. The predicted molar refractivity (Wildman–Crippen MR) is 154 cm³/mol. The van der Waals surface area contributed by atoms with E-state index in [2.05, 4.69) is 24.3 Å². The van der Waals surface area contributed by atoms with Gasteiger partial charge in [-0.3, -0.25) is 0 Å². The molecule has 5 rings (SSSR count). The molecule has 5 aromatic rings. The fraction of sp³-hybridized carbons (Fsp3) is 0.152. The van der Waals surface area contributed by atoms with Crippen LogP contribution in [0.5, 0.6) is 28.7 Å². The summed E-state index contributed by atoms with van der Waals surface area (Å²) in [6.07, 6.45) is 4.92. The minimum atomic E-state index is 0.200. The van der Waals surface area contributed by atoms with E-state index in [1.807, 2.05) is 54.6 Å². The van der Waals surface area contributed by atoms with Gasteiger partial charge in [0.25, 0.3) is 0 Å². The summed E-state index contributed by atoms with van der Waals surface area (Å²) in [6, 6.07) is 24.9. The summed E-state index contributed by atoms with van der Waals surface area (Å²) in [5.74, 6) is 3.60. The molecule has 0 unspecified atom stereocenters. The van der Waals surface area contributed by atoms with Gasteiger partial charge in [-0.25, -0.2) is 0 Å². The van der Waals surface area contributed by atoms with Crippen LogP contribution >= 0.6 is 0 Å². The first-order valence-electron chi connectivity index (χ1n) is 12.5. The lowest BCUT2D eigenvalue weighted by molar-refractivity contribution is 0.355. The molecule has 0 amide bonds. The second kappa shape index (κ2) is 11.3. The van der Waals surface area contributed by atoms with Gasteiger partial charge in [0.2, 0.25) is 0 Å². The van der Waals surface area contributed by atoms with Crippen LogP contribution in [0.2, 0.25) is 0 Å². The molecule has 1 N–H and O–H groups in total. The first-order valence-corrected chi connectivity index (χ1v) is 12.5. The summed E-state index contributed by atoms with van der Waals surface area (Å²) in [7, 11) is 6.50. The van der Waals surface area contributed by atoms with Crippen LogP contribution in [0.4, 0.5) is 0 Å². The number of phenolic OH excluding ortho intramolecular Hbond substituents is 1. The van der Waals surface area contributed by atoms with Crippen LogP contribution in [0, 0.1) is 0 Å². The molecule has 0 aliphatic carbocycles. The monoisotopic (exact) mass is 522 g/mol. The Kier molecular flexibility index (Phi) is 7.46. The highest BCUT2D eigenvalue weighted by Gasteiger charge is 2.20. The van der Waals surface area contributed by atoms with Crippen LogP contribution in [0.25, 0.3) is 39.5 Å². The van der Waals surface area contributed by atoms with Crippen molar-refractivity contribution >= 4 is 17.0 Å². The van der Waals surface area contributed by atoms with Crippen molar-refractivity contribution < 1.29 is 28.5 Å². The number of phenols is 1. The Morgan fingerprint density at radius 2 is 1.31 bits per heavy atom. The molecular formula is C33H30O6. The lowest BCUT2D eigenvalue weighted by Crippen LogP contribution is -1.91. The third-order valence-corrected chi connectivity index (χ3v) is 6.63. The Morgan fingerprint density at radius 3 is 2.00 bits per heavy atom. The summed E-state index contributed by atoms with van der Waals surface area (Å²) in [5, 5.41) is 10.8. The van der Waals surface area contributed by atoms with Gasteiger partial charge >= 0.3 is 0 Å². The van der Waals surface area contributed by atoms with Crippen LogP contribution < -0.4 is 18.9 Å². The lowest BCUT2D eigenvalue weighted by atomic mass is 9.96. The maximum atomic E-state index is 9.83. The van der Waals surface area contributed by atoms with Crippen molar-refractivity contribution in [2.75, 3.05) is 28.4 Å². The van der Waals surface area contributed by atoms with Crippen molar-refractivity contribution in [1.29, 1.82) is 0 Å². The van der Waals surface area contributed by atoms with E-state index in [1.54, 1.807) is 40.6 Å². The highest BCUT2D eigenvalue weighted by Crippen LogP contribution is 2.44. The van der Waals surface area contributed by atoms with Gasteiger partial charge in [0.15, 0.2) is 23.0 Å². The Hall–Kier alpha value is -4.84. The third-order valence-electron chi connectivity index (χ3n) is 6.63. The zero-order chi connectivity index (χ0) is 27.4. The van der Waals surface area contributed by atoms with Gasteiger partial charge in [-0.15, -0.1) is 0 Å². The minimum Gasteiger partial charge on any atom is -0.508 e. The van der Waals surface area contributed by atoms with Gasteiger partial charge in [-0.05, 0) is 83.8 Å². The molecule has 0 aliphatic heterocycles. The van der Waals surface area contributed by atoms with Gasteiger partial charge in [-0.1, -0.05) is 30.4 Å². The maximum Gasteiger partial charge on any atom is 0.161 e. The summed E-state index contributed by atoms with van der Waals surface area (Å²) < 4.78 is 28.2. The zero-order valence-corrected chi connectivity index (χ0v) is 22.4. The van der Waals surface area contributed by atoms with Crippen LogP contribution in [0.15, 0.2) is 89.4 Å². The second-order valence-electron chi connectivity index (χ2n) is 8.97. The quantitative estimate of drug-likeness (QED) is 0.213. The Labute approximate surface area is 227 Å². The van der Waals surface area contributed by atoms with Crippen LogP contribution in [0.1, 0.15) is 11.1 Å². The fourth-order valence-corrected chi connectivity index (χ4v) is 4.65. The predicted octanol–water partition coefficient (Wildman–Crippen LogP) is 7.76. The molecule has 0 saturated heterocycles. The largest absolute Gasteiger partial charge is 0.508 e. The van der Waals surface area contributed by atoms with Crippen molar-refractivity contribution in [2.24, 2.45) is 0 Å². The first kappa shape index (κ1) is 25.8. The number of allylic oxidation sites excluding steroid dienone is 1. The van der Waals surface area contributed by atoms with Crippen LogP contribution in [-0.4, -0.2) is 33.5 Å². The fourth-order valence-electron chi connectivity index (χ4n) is 4.65. The molecule has 0 fully saturated rings. The molecule has 0 bridgehead atoms. The SMILES string of the molecule is COc1ccc(/C=C/Cc2ccc3oc(-c4ccc(O)cc4)c(-c4ccc(OC)c(OC)c4)c3c2)cc1OC. The molecule has 39 heavy (non-hydrogen) atoms. The standard InChI is InChI=1S/C33H30O6/c1-35-28-16-9-22(19-30(28)37-3)7-5-6-21-8-15-27-26(18-21)32(24-12-17-29(36-2)31(20-24)38-4)33(39-27)23-10-13-25(34)14-11-23/h5,7-20,34H,6H2,1-4H3/b7-5+. The van der Waals surface area contributed by atoms with E-state index in [4.69, 9.17) is 23.4 Å². The van der Waals surface area contributed by atoms with E-state index in [1.165, 1.54) is 0 Å². The van der Waals surface area contributed by atoms with Crippen molar-refractivity contribution in [3.05, 3.63) is 96.1 Å². The highest BCUT2D eigenvalue weighted by molar-refractivity contribution is 6.02. The van der Waals surface area contributed by atoms with E-state index >= 15 is 0 Å². The highest BCUT2D eigenvalue weighted by atomic mass is 16.5. The zero-order valence-electron chi connectivity index (χ0n) is 22.4. The Balaban J connectivity index is 1.56. The third kappa shape index (κ3) is 5.27. The molecule has 0 saturated carbocycles. The topological polar surface area (TPSA) is 70.3 Å². The van der Waals surface area contributed by atoms with Gasteiger partial charge in [0, 0.05) is 16.5 Å². The number of benzene rings is 4. The van der Waals surface area contributed by atoms with E-state index in [0.717, 1.165) is 51.0 Å². The molecular weight excluding hydrogens is 492 g/mol. The molecule has 0 atom stereocenters. The first-order chi connectivity index (χ1) is 19.0. The average Bonchev–Trinajstić information content (AvgIpc) is 3.35. The van der Waals surface area contributed by atoms with E-state index < -0.39 is 0 Å². The maximum absolute atomic E-state index is 9.83. The summed E-state index contributed by atoms with van der Waals surface area (Å²) in [6.45, 7) is 0. The van der Waals surface area contributed by atoms with E-state index in [9.17, 15) is 5.11 Å². The average molecular weight is 523 g/mol. The number of fused-ring (bicyclic) bond motifs is 1. The molecule has 0 radical (unpaired) electrons. The molecule has 198 valence electrons. The van der Waals surface area contributed by atoms with Crippen molar-refractivity contribution in [3.8, 4) is 51.2 Å². The molecule has 1 aromatic heterocycles. The Morgan fingerprint density at radius 1 is 0.667 bits per heavy atom. The van der Waals surface area contributed by atoms with Gasteiger partial charge in [0.1, 0.15) is 17.1 Å². The number of ether oxygens (including phenoxy) is 4. The number of methoxy groups -OCH3 is 4. The number of aromatic hydroxyl groups is 1.